The van der Waals surface area contributed by atoms with E-state index in [1.807, 2.05) is 24.2 Å². The summed E-state index contributed by atoms with van der Waals surface area (Å²) in [7, 11) is 0. The van der Waals surface area contributed by atoms with Gasteiger partial charge in [-0.15, -0.1) is 11.3 Å². The quantitative estimate of drug-likeness (QED) is 0.853. The molecule has 4 nitrogen and oxygen atoms in total. The lowest BCUT2D eigenvalue weighted by Gasteiger charge is -2.33. The maximum atomic E-state index is 12.8. The Kier molecular flexibility index (Phi) is 3.53. The standard InChI is InChI=1S/C17H21N3OS/c1-12-18-7-9-20(12)14-5-3-8-19(11-14)17(21)16-10-13-4-2-6-15(13)22-16/h7,9-10,14H,2-6,8,11H2,1H3/t14-/m1/s1. The summed E-state index contributed by atoms with van der Waals surface area (Å²) >= 11 is 1.72. The Morgan fingerprint density at radius 2 is 2.27 bits per heavy atom. The summed E-state index contributed by atoms with van der Waals surface area (Å²) in [6.45, 7) is 3.72. The van der Waals surface area contributed by atoms with Crippen molar-refractivity contribution in [2.24, 2.45) is 0 Å². The first-order valence-corrected chi connectivity index (χ1v) is 8.94. The van der Waals surface area contributed by atoms with E-state index in [0.717, 1.165) is 49.5 Å². The van der Waals surface area contributed by atoms with E-state index >= 15 is 0 Å². The number of amides is 1. The van der Waals surface area contributed by atoms with E-state index in [-0.39, 0.29) is 5.91 Å². The van der Waals surface area contributed by atoms with Crippen LogP contribution in [0.25, 0.3) is 0 Å². The SMILES string of the molecule is Cc1nccn1[C@@H]1CCCN(C(=O)c2cc3c(s2)CCC3)C1. The van der Waals surface area contributed by atoms with Gasteiger partial charge in [0.2, 0.25) is 0 Å². The van der Waals surface area contributed by atoms with E-state index in [1.54, 1.807) is 11.3 Å². The monoisotopic (exact) mass is 315 g/mol. The Hall–Kier alpha value is -1.62. The Balaban J connectivity index is 1.52. The number of hydrogen-bond donors (Lipinski definition) is 0. The molecular weight excluding hydrogens is 294 g/mol. The smallest absolute Gasteiger partial charge is 0.264 e. The molecule has 2 aromatic heterocycles. The number of carbonyl (C=O) groups excluding carboxylic acids is 1. The number of imidazole rings is 1. The Morgan fingerprint density at radius 3 is 3.05 bits per heavy atom. The maximum absolute atomic E-state index is 12.8. The molecule has 4 rings (SSSR count). The van der Waals surface area contributed by atoms with Gasteiger partial charge in [0, 0.05) is 30.4 Å². The third kappa shape index (κ3) is 2.37. The van der Waals surface area contributed by atoms with Crippen LogP contribution in [-0.4, -0.2) is 33.4 Å². The molecule has 0 radical (unpaired) electrons. The normalized spacial score (nSPS) is 21.1. The van der Waals surface area contributed by atoms with Crippen molar-refractivity contribution in [3.05, 3.63) is 39.6 Å². The summed E-state index contributed by atoms with van der Waals surface area (Å²) in [5, 5.41) is 0. The van der Waals surface area contributed by atoms with Crippen LogP contribution in [0, 0.1) is 6.92 Å². The number of fused-ring (bicyclic) bond motifs is 1. The number of aromatic nitrogens is 2. The molecule has 0 unspecified atom stereocenters. The highest BCUT2D eigenvalue weighted by Gasteiger charge is 2.28. The molecule has 0 aromatic carbocycles. The predicted octanol–water partition coefficient (Wildman–Crippen LogP) is 3.22. The summed E-state index contributed by atoms with van der Waals surface area (Å²) < 4.78 is 2.22. The number of carbonyl (C=O) groups is 1. The Morgan fingerprint density at radius 1 is 1.36 bits per heavy atom. The molecule has 1 amide bonds. The van der Waals surface area contributed by atoms with Crippen LogP contribution in [0.1, 0.15) is 51.2 Å². The van der Waals surface area contributed by atoms with Crippen LogP contribution < -0.4 is 0 Å². The predicted molar refractivity (Wildman–Crippen MR) is 87.5 cm³/mol. The number of aryl methyl sites for hydroxylation is 3. The van der Waals surface area contributed by atoms with E-state index in [4.69, 9.17) is 0 Å². The van der Waals surface area contributed by atoms with Gasteiger partial charge in [0.15, 0.2) is 0 Å². The van der Waals surface area contributed by atoms with Crippen molar-refractivity contribution in [3.63, 3.8) is 0 Å². The van der Waals surface area contributed by atoms with Gasteiger partial charge in [-0.25, -0.2) is 4.98 Å². The van der Waals surface area contributed by atoms with Gasteiger partial charge in [0.1, 0.15) is 5.82 Å². The highest BCUT2D eigenvalue weighted by Crippen LogP contribution is 2.32. The summed E-state index contributed by atoms with van der Waals surface area (Å²) in [6, 6.07) is 2.51. The highest BCUT2D eigenvalue weighted by molar-refractivity contribution is 7.14. The molecule has 1 atom stereocenters. The van der Waals surface area contributed by atoms with Gasteiger partial charge in [-0.1, -0.05) is 0 Å². The Bertz CT molecular complexity index is 681. The average molecular weight is 315 g/mol. The van der Waals surface area contributed by atoms with E-state index in [0.29, 0.717) is 6.04 Å². The molecule has 0 N–H and O–H groups in total. The van der Waals surface area contributed by atoms with Gasteiger partial charge in [0.05, 0.1) is 10.9 Å². The highest BCUT2D eigenvalue weighted by atomic mass is 32.1. The molecule has 0 saturated carbocycles. The second-order valence-electron chi connectivity index (χ2n) is 6.34. The summed E-state index contributed by atoms with van der Waals surface area (Å²) in [6.07, 6.45) is 9.63. The van der Waals surface area contributed by atoms with E-state index < -0.39 is 0 Å². The summed E-state index contributed by atoms with van der Waals surface area (Å²) in [5.74, 6) is 1.26. The molecule has 2 aliphatic rings. The minimum Gasteiger partial charge on any atom is -0.336 e. The minimum absolute atomic E-state index is 0.224. The lowest BCUT2D eigenvalue weighted by atomic mass is 10.0. The fourth-order valence-electron chi connectivity index (χ4n) is 3.73. The maximum Gasteiger partial charge on any atom is 0.264 e. The molecule has 116 valence electrons. The van der Waals surface area contributed by atoms with Crippen molar-refractivity contribution < 1.29 is 4.79 Å². The lowest BCUT2D eigenvalue weighted by molar-refractivity contribution is 0.0683. The second kappa shape index (κ2) is 5.54. The number of likely N-dealkylation sites (tertiary alicyclic amines) is 1. The summed E-state index contributed by atoms with van der Waals surface area (Å²) in [4.78, 5) is 21.5. The third-order valence-electron chi connectivity index (χ3n) is 4.90. The van der Waals surface area contributed by atoms with Crippen LogP contribution in [0.3, 0.4) is 0 Å². The zero-order valence-corrected chi connectivity index (χ0v) is 13.7. The van der Waals surface area contributed by atoms with E-state index in [1.165, 1.54) is 16.9 Å². The molecule has 0 bridgehead atoms. The fraction of sp³-hybridized carbons (Fsp3) is 0.529. The topological polar surface area (TPSA) is 38.1 Å². The third-order valence-corrected chi connectivity index (χ3v) is 6.12. The second-order valence-corrected chi connectivity index (χ2v) is 7.48. The first-order chi connectivity index (χ1) is 10.7. The molecule has 1 aliphatic heterocycles. The number of piperidine rings is 1. The molecule has 2 aromatic rings. The number of hydrogen-bond acceptors (Lipinski definition) is 3. The average Bonchev–Trinajstić information content (AvgIpc) is 3.21. The van der Waals surface area contributed by atoms with Crippen LogP contribution >= 0.6 is 11.3 Å². The van der Waals surface area contributed by atoms with Gasteiger partial charge in [-0.05, 0) is 50.7 Å². The van der Waals surface area contributed by atoms with Crippen molar-refractivity contribution in [1.29, 1.82) is 0 Å². The van der Waals surface area contributed by atoms with Crippen LogP contribution in [-0.2, 0) is 12.8 Å². The van der Waals surface area contributed by atoms with Gasteiger partial charge in [-0.2, -0.15) is 0 Å². The van der Waals surface area contributed by atoms with Gasteiger partial charge in [-0.3, -0.25) is 4.79 Å². The molecule has 1 aliphatic carbocycles. The first-order valence-electron chi connectivity index (χ1n) is 8.12. The van der Waals surface area contributed by atoms with Crippen LogP contribution in [0.15, 0.2) is 18.5 Å². The zero-order valence-electron chi connectivity index (χ0n) is 12.9. The first kappa shape index (κ1) is 14.0. The van der Waals surface area contributed by atoms with E-state index in [2.05, 4.69) is 15.6 Å². The van der Waals surface area contributed by atoms with Crippen LogP contribution in [0.5, 0.6) is 0 Å². The number of rotatable bonds is 2. The molecule has 1 saturated heterocycles. The molecule has 5 heteroatoms. The van der Waals surface area contributed by atoms with Crippen molar-refractivity contribution in [2.75, 3.05) is 13.1 Å². The van der Waals surface area contributed by atoms with Crippen molar-refractivity contribution in [3.8, 4) is 0 Å². The van der Waals surface area contributed by atoms with Gasteiger partial charge >= 0.3 is 0 Å². The van der Waals surface area contributed by atoms with Gasteiger partial charge in [0.25, 0.3) is 5.91 Å². The molecule has 22 heavy (non-hydrogen) atoms. The zero-order chi connectivity index (χ0) is 15.1. The van der Waals surface area contributed by atoms with Crippen molar-refractivity contribution in [1.82, 2.24) is 14.5 Å². The minimum atomic E-state index is 0.224. The van der Waals surface area contributed by atoms with Crippen molar-refractivity contribution in [2.45, 2.75) is 45.1 Å². The fourth-order valence-corrected chi connectivity index (χ4v) is 4.95. The molecule has 3 heterocycles. The van der Waals surface area contributed by atoms with Gasteiger partial charge < -0.3 is 9.47 Å². The molecule has 0 spiro atoms. The van der Waals surface area contributed by atoms with Crippen molar-refractivity contribution >= 4 is 17.2 Å². The van der Waals surface area contributed by atoms with E-state index in [9.17, 15) is 4.79 Å². The summed E-state index contributed by atoms with van der Waals surface area (Å²) in [5.41, 5.74) is 1.41. The molecular formula is C17H21N3OS. The molecule has 1 fully saturated rings. The Labute approximate surface area is 134 Å². The largest absolute Gasteiger partial charge is 0.336 e. The number of thiophene rings is 1. The lowest BCUT2D eigenvalue weighted by Crippen LogP contribution is -2.40. The number of nitrogens with zero attached hydrogens (tertiary/aromatic N) is 3. The van der Waals surface area contributed by atoms with Crippen LogP contribution in [0.2, 0.25) is 0 Å². The van der Waals surface area contributed by atoms with Crippen LogP contribution in [0.4, 0.5) is 0 Å².